The highest BCUT2D eigenvalue weighted by molar-refractivity contribution is 9.10. The van der Waals surface area contributed by atoms with Gasteiger partial charge in [0.25, 0.3) is 0 Å². The molecule has 23 heavy (non-hydrogen) atoms. The van der Waals surface area contributed by atoms with E-state index in [0.717, 1.165) is 16.0 Å². The molecule has 118 valence electrons. The van der Waals surface area contributed by atoms with Crippen molar-refractivity contribution < 1.29 is 18.7 Å². The van der Waals surface area contributed by atoms with Crippen molar-refractivity contribution in [2.45, 2.75) is 19.8 Å². The van der Waals surface area contributed by atoms with Crippen molar-refractivity contribution >= 4 is 21.9 Å². The van der Waals surface area contributed by atoms with Crippen molar-refractivity contribution in [3.05, 3.63) is 81.1 Å². The van der Waals surface area contributed by atoms with Crippen molar-refractivity contribution in [1.82, 2.24) is 0 Å². The Balaban J connectivity index is 2.24. The number of carboxylic acid groups (broad SMARTS) is 1. The standard InChI is InChI=1S/C18H15BrO4/c1-10-3-7-15(22-10)17(16-8-4-11(2)23-16)14-9-12(19)5-6-13(14)18(20)21/h3-9,17H,1-2H3,(H,20,21). The van der Waals surface area contributed by atoms with Gasteiger partial charge in [-0.25, -0.2) is 4.79 Å². The van der Waals surface area contributed by atoms with Crippen molar-refractivity contribution in [2.75, 3.05) is 0 Å². The maximum absolute atomic E-state index is 11.6. The fraction of sp³-hybridized carbons (Fsp3) is 0.167. The molecular formula is C18H15BrO4. The molecule has 5 heteroatoms. The van der Waals surface area contributed by atoms with Crippen LogP contribution in [0.1, 0.15) is 44.9 Å². The molecule has 0 amide bonds. The number of aromatic carboxylic acids is 1. The molecule has 0 aliphatic rings. The number of carbonyl (C=O) groups is 1. The summed E-state index contributed by atoms with van der Waals surface area (Å²) in [5, 5.41) is 9.53. The van der Waals surface area contributed by atoms with E-state index in [0.29, 0.717) is 17.1 Å². The topological polar surface area (TPSA) is 63.6 Å². The van der Waals surface area contributed by atoms with Crippen LogP contribution in [0.15, 0.2) is 55.8 Å². The van der Waals surface area contributed by atoms with Crippen LogP contribution >= 0.6 is 15.9 Å². The lowest BCUT2D eigenvalue weighted by Gasteiger charge is -2.16. The van der Waals surface area contributed by atoms with Gasteiger partial charge in [0, 0.05) is 4.47 Å². The molecule has 0 spiro atoms. The van der Waals surface area contributed by atoms with Crippen LogP contribution in [0, 0.1) is 13.8 Å². The smallest absolute Gasteiger partial charge is 0.336 e. The molecule has 0 aliphatic carbocycles. The molecule has 0 unspecified atom stereocenters. The molecule has 0 saturated carbocycles. The average Bonchev–Trinajstić information content (AvgIpc) is 3.09. The normalized spacial score (nSPS) is 11.1. The second-order valence-electron chi connectivity index (χ2n) is 5.37. The van der Waals surface area contributed by atoms with Gasteiger partial charge in [-0.3, -0.25) is 0 Å². The van der Waals surface area contributed by atoms with Gasteiger partial charge in [0.15, 0.2) is 0 Å². The van der Waals surface area contributed by atoms with E-state index in [-0.39, 0.29) is 5.56 Å². The first kappa shape index (κ1) is 15.6. The van der Waals surface area contributed by atoms with Gasteiger partial charge in [-0.05, 0) is 61.9 Å². The van der Waals surface area contributed by atoms with E-state index in [1.807, 2.05) is 38.1 Å². The third-order valence-electron chi connectivity index (χ3n) is 3.65. The summed E-state index contributed by atoms with van der Waals surface area (Å²) in [4.78, 5) is 11.6. The number of halogens is 1. The monoisotopic (exact) mass is 374 g/mol. The number of furan rings is 2. The molecular weight excluding hydrogens is 360 g/mol. The number of aryl methyl sites for hydroxylation is 2. The van der Waals surface area contributed by atoms with Gasteiger partial charge >= 0.3 is 5.97 Å². The summed E-state index contributed by atoms with van der Waals surface area (Å²) in [6.07, 6.45) is 0. The van der Waals surface area contributed by atoms with E-state index in [2.05, 4.69) is 15.9 Å². The summed E-state index contributed by atoms with van der Waals surface area (Å²) in [6.45, 7) is 3.71. The minimum absolute atomic E-state index is 0.223. The molecule has 0 saturated heterocycles. The van der Waals surface area contributed by atoms with Crippen LogP contribution in [-0.4, -0.2) is 11.1 Å². The molecule has 3 aromatic rings. The lowest BCUT2D eigenvalue weighted by atomic mass is 9.90. The number of hydrogen-bond donors (Lipinski definition) is 1. The predicted octanol–water partition coefficient (Wildman–Crippen LogP) is 5.13. The van der Waals surface area contributed by atoms with Crippen LogP contribution in [0.2, 0.25) is 0 Å². The maximum atomic E-state index is 11.6. The van der Waals surface area contributed by atoms with Crippen LogP contribution in [0.25, 0.3) is 0 Å². The van der Waals surface area contributed by atoms with E-state index in [1.165, 1.54) is 0 Å². The van der Waals surface area contributed by atoms with Gasteiger partial charge < -0.3 is 13.9 Å². The van der Waals surface area contributed by atoms with Gasteiger partial charge in [-0.15, -0.1) is 0 Å². The Morgan fingerprint density at radius 3 is 2.00 bits per heavy atom. The van der Waals surface area contributed by atoms with E-state index in [9.17, 15) is 9.90 Å². The lowest BCUT2D eigenvalue weighted by Crippen LogP contribution is -2.09. The maximum Gasteiger partial charge on any atom is 0.336 e. The lowest BCUT2D eigenvalue weighted by molar-refractivity contribution is 0.0695. The van der Waals surface area contributed by atoms with Gasteiger partial charge in [0.05, 0.1) is 5.56 Å². The first-order chi connectivity index (χ1) is 11.0. The van der Waals surface area contributed by atoms with Gasteiger partial charge in [0.2, 0.25) is 0 Å². The van der Waals surface area contributed by atoms with E-state index < -0.39 is 11.9 Å². The molecule has 2 heterocycles. The minimum atomic E-state index is -0.982. The van der Waals surface area contributed by atoms with Crippen molar-refractivity contribution in [3.63, 3.8) is 0 Å². The summed E-state index contributed by atoms with van der Waals surface area (Å²) in [7, 11) is 0. The number of hydrogen-bond acceptors (Lipinski definition) is 3. The quantitative estimate of drug-likeness (QED) is 0.687. The molecule has 4 nitrogen and oxygen atoms in total. The fourth-order valence-corrected chi connectivity index (χ4v) is 3.01. The molecule has 0 fully saturated rings. The fourth-order valence-electron chi connectivity index (χ4n) is 2.63. The van der Waals surface area contributed by atoms with Crippen molar-refractivity contribution in [1.29, 1.82) is 0 Å². The molecule has 0 bridgehead atoms. The van der Waals surface area contributed by atoms with Gasteiger partial charge in [-0.1, -0.05) is 15.9 Å². The Kier molecular flexibility index (Phi) is 4.13. The number of benzene rings is 1. The largest absolute Gasteiger partial charge is 0.478 e. The number of carboxylic acids is 1. The van der Waals surface area contributed by atoms with Crippen molar-refractivity contribution in [3.8, 4) is 0 Å². The zero-order valence-electron chi connectivity index (χ0n) is 12.7. The average molecular weight is 375 g/mol. The predicted molar refractivity (Wildman–Crippen MR) is 88.9 cm³/mol. The molecule has 0 radical (unpaired) electrons. The van der Waals surface area contributed by atoms with Crippen LogP contribution in [0.5, 0.6) is 0 Å². The molecule has 2 aromatic heterocycles. The van der Waals surface area contributed by atoms with Crippen LogP contribution in [0.3, 0.4) is 0 Å². The van der Waals surface area contributed by atoms with E-state index in [4.69, 9.17) is 8.83 Å². The van der Waals surface area contributed by atoms with Crippen LogP contribution < -0.4 is 0 Å². The van der Waals surface area contributed by atoms with E-state index in [1.54, 1.807) is 18.2 Å². The third-order valence-corrected chi connectivity index (χ3v) is 4.14. The highest BCUT2D eigenvalue weighted by Crippen LogP contribution is 2.37. The summed E-state index contributed by atoms with van der Waals surface area (Å²) >= 11 is 3.42. The Labute approximate surface area is 141 Å². The highest BCUT2D eigenvalue weighted by Gasteiger charge is 2.27. The van der Waals surface area contributed by atoms with Crippen LogP contribution in [0.4, 0.5) is 0 Å². The molecule has 3 rings (SSSR count). The Bertz CT molecular complexity index is 819. The summed E-state index contributed by atoms with van der Waals surface area (Å²) in [5.74, 6) is 1.43. The number of rotatable bonds is 4. The second-order valence-corrected chi connectivity index (χ2v) is 6.28. The highest BCUT2D eigenvalue weighted by atomic mass is 79.9. The minimum Gasteiger partial charge on any atom is -0.478 e. The third kappa shape index (κ3) is 3.10. The van der Waals surface area contributed by atoms with Gasteiger partial charge in [0.1, 0.15) is 29.0 Å². The molecule has 0 atom stereocenters. The molecule has 1 aromatic carbocycles. The first-order valence-electron chi connectivity index (χ1n) is 7.11. The van der Waals surface area contributed by atoms with Crippen molar-refractivity contribution in [2.24, 2.45) is 0 Å². The second kappa shape index (κ2) is 6.08. The van der Waals surface area contributed by atoms with Crippen LogP contribution in [-0.2, 0) is 0 Å². The van der Waals surface area contributed by atoms with Gasteiger partial charge in [-0.2, -0.15) is 0 Å². The molecule has 1 N–H and O–H groups in total. The first-order valence-corrected chi connectivity index (χ1v) is 7.90. The Hall–Kier alpha value is -2.27. The SMILES string of the molecule is Cc1ccc(C(c2ccc(C)o2)c2cc(Br)ccc2C(=O)O)o1. The zero-order chi connectivity index (χ0) is 16.6. The summed E-state index contributed by atoms with van der Waals surface area (Å²) < 4.78 is 12.3. The zero-order valence-corrected chi connectivity index (χ0v) is 14.3. The summed E-state index contributed by atoms with van der Waals surface area (Å²) in [6, 6.07) is 12.5. The Morgan fingerprint density at radius 1 is 1.00 bits per heavy atom. The van der Waals surface area contributed by atoms with E-state index >= 15 is 0 Å². The Morgan fingerprint density at radius 2 is 1.57 bits per heavy atom. The summed E-state index contributed by atoms with van der Waals surface area (Å²) in [5.41, 5.74) is 0.844. The molecule has 0 aliphatic heterocycles.